The van der Waals surface area contributed by atoms with Gasteiger partial charge in [0.1, 0.15) is 0 Å². The largest absolute Gasteiger partial charge is 0.342 e. The molecule has 29 heavy (non-hydrogen) atoms. The molecule has 0 atom stereocenters. The Balaban J connectivity index is 1.57. The highest BCUT2D eigenvalue weighted by Crippen LogP contribution is 2.23. The Morgan fingerprint density at radius 3 is 2.38 bits per heavy atom. The van der Waals surface area contributed by atoms with Crippen molar-refractivity contribution in [2.24, 2.45) is 5.92 Å². The molecule has 2 amide bonds. The van der Waals surface area contributed by atoms with Gasteiger partial charge in [-0.1, -0.05) is 49.7 Å². The molecule has 1 aliphatic rings. The molecule has 0 unspecified atom stereocenters. The van der Waals surface area contributed by atoms with Crippen LogP contribution in [0.1, 0.15) is 58.9 Å². The summed E-state index contributed by atoms with van der Waals surface area (Å²) >= 11 is 0. The molecular weight excluding hydrogens is 360 g/mol. The lowest BCUT2D eigenvalue weighted by Gasteiger charge is -2.32. The number of piperidine rings is 1. The Bertz CT molecular complexity index is 811. The standard InChI is InChI=1S/C25H32N2O2/c1-3-4-15-26(2)24(28)22-11-8-12-23(19-22)25(29)27-16-13-21(14-17-27)18-20-9-6-5-7-10-20/h5-12,19,21H,3-4,13-18H2,1-2H3. The molecular formula is C25H32N2O2. The maximum absolute atomic E-state index is 13.0. The molecule has 0 aromatic heterocycles. The molecule has 3 rings (SSSR count). The molecule has 0 N–H and O–H groups in total. The van der Waals surface area contributed by atoms with Crippen LogP contribution in [0.2, 0.25) is 0 Å². The average Bonchev–Trinajstić information content (AvgIpc) is 2.77. The molecule has 1 saturated heterocycles. The Kier molecular flexibility index (Phi) is 7.45. The number of carbonyl (C=O) groups excluding carboxylic acids is 2. The summed E-state index contributed by atoms with van der Waals surface area (Å²) in [7, 11) is 1.82. The van der Waals surface area contributed by atoms with Gasteiger partial charge >= 0.3 is 0 Å². The number of hydrogen-bond donors (Lipinski definition) is 0. The lowest BCUT2D eigenvalue weighted by molar-refractivity contribution is 0.0690. The monoisotopic (exact) mass is 392 g/mol. The quantitative estimate of drug-likeness (QED) is 0.688. The third-order valence-corrected chi connectivity index (χ3v) is 5.82. The van der Waals surface area contributed by atoms with Crippen molar-refractivity contribution in [3.05, 3.63) is 71.3 Å². The number of unbranched alkanes of at least 4 members (excludes halogenated alkanes) is 1. The predicted molar refractivity (Wildman–Crippen MR) is 117 cm³/mol. The minimum absolute atomic E-state index is 0.0188. The van der Waals surface area contributed by atoms with Gasteiger partial charge in [0, 0.05) is 37.8 Å². The fourth-order valence-corrected chi connectivity index (χ4v) is 3.97. The average molecular weight is 393 g/mol. The van der Waals surface area contributed by atoms with Crippen molar-refractivity contribution in [3.63, 3.8) is 0 Å². The van der Waals surface area contributed by atoms with Crippen LogP contribution in [0.25, 0.3) is 0 Å². The summed E-state index contributed by atoms with van der Waals surface area (Å²) in [6.07, 6.45) is 5.17. The number of carbonyl (C=O) groups is 2. The van der Waals surface area contributed by atoms with Gasteiger partial charge in [-0.25, -0.2) is 0 Å². The summed E-state index contributed by atoms with van der Waals surface area (Å²) in [4.78, 5) is 29.3. The molecule has 4 heteroatoms. The van der Waals surface area contributed by atoms with E-state index >= 15 is 0 Å². The van der Waals surface area contributed by atoms with Crippen molar-refractivity contribution in [1.29, 1.82) is 0 Å². The first kappa shape index (κ1) is 21.1. The second kappa shape index (κ2) is 10.2. The maximum atomic E-state index is 13.0. The number of amides is 2. The summed E-state index contributed by atoms with van der Waals surface area (Å²) in [6, 6.07) is 17.8. The van der Waals surface area contributed by atoms with E-state index in [1.54, 1.807) is 17.0 Å². The summed E-state index contributed by atoms with van der Waals surface area (Å²) < 4.78 is 0. The summed E-state index contributed by atoms with van der Waals surface area (Å²) in [5.41, 5.74) is 2.57. The molecule has 0 saturated carbocycles. The summed E-state index contributed by atoms with van der Waals surface area (Å²) in [5, 5.41) is 0. The van der Waals surface area contributed by atoms with Gasteiger partial charge in [0.25, 0.3) is 11.8 Å². The fraction of sp³-hybridized carbons (Fsp3) is 0.440. The van der Waals surface area contributed by atoms with Crippen LogP contribution in [0, 0.1) is 5.92 Å². The first-order valence-electron chi connectivity index (χ1n) is 10.8. The predicted octanol–water partition coefficient (Wildman–Crippen LogP) is 4.65. The fourth-order valence-electron chi connectivity index (χ4n) is 3.97. The highest BCUT2D eigenvalue weighted by molar-refractivity contribution is 5.99. The molecule has 0 radical (unpaired) electrons. The van der Waals surface area contributed by atoms with E-state index < -0.39 is 0 Å². The number of nitrogens with zero attached hydrogens (tertiary/aromatic N) is 2. The van der Waals surface area contributed by atoms with E-state index in [0.717, 1.165) is 51.7 Å². The zero-order chi connectivity index (χ0) is 20.6. The van der Waals surface area contributed by atoms with Crippen LogP contribution in [-0.2, 0) is 6.42 Å². The summed E-state index contributed by atoms with van der Waals surface area (Å²) in [6.45, 7) is 4.42. The van der Waals surface area contributed by atoms with Crippen LogP contribution < -0.4 is 0 Å². The topological polar surface area (TPSA) is 40.6 Å². The molecule has 1 aliphatic heterocycles. The van der Waals surface area contributed by atoms with Gasteiger partial charge in [-0.2, -0.15) is 0 Å². The molecule has 4 nitrogen and oxygen atoms in total. The number of rotatable bonds is 7. The smallest absolute Gasteiger partial charge is 0.253 e. The van der Waals surface area contributed by atoms with Gasteiger partial charge in [0.2, 0.25) is 0 Å². The van der Waals surface area contributed by atoms with Crippen LogP contribution in [0.5, 0.6) is 0 Å². The van der Waals surface area contributed by atoms with Crippen molar-refractivity contribution in [2.45, 2.75) is 39.0 Å². The third-order valence-electron chi connectivity index (χ3n) is 5.82. The van der Waals surface area contributed by atoms with Crippen LogP contribution in [0.15, 0.2) is 54.6 Å². The first-order valence-corrected chi connectivity index (χ1v) is 10.8. The van der Waals surface area contributed by atoms with Gasteiger partial charge in [-0.3, -0.25) is 9.59 Å². The Morgan fingerprint density at radius 2 is 1.69 bits per heavy atom. The van der Waals surface area contributed by atoms with E-state index in [1.807, 2.05) is 30.1 Å². The van der Waals surface area contributed by atoms with Crippen molar-refractivity contribution < 1.29 is 9.59 Å². The van der Waals surface area contributed by atoms with Crippen LogP contribution in [0.3, 0.4) is 0 Å². The number of hydrogen-bond acceptors (Lipinski definition) is 2. The third kappa shape index (κ3) is 5.69. The van der Waals surface area contributed by atoms with Crippen molar-refractivity contribution >= 4 is 11.8 Å². The maximum Gasteiger partial charge on any atom is 0.253 e. The molecule has 2 aromatic carbocycles. The van der Waals surface area contributed by atoms with Crippen molar-refractivity contribution in [2.75, 3.05) is 26.7 Å². The van der Waals surface area contributed by atoms with E-state index in [4.69, 9.17) is 0 Å². The Hall–Kier alpha value is -2.62. The Morgan fingerprint density at radius 1 is 1.00 bits per heavy atom. The van der Waals surface area contributed by atoms with E-state index in [9.17, 15) is 9.59 Å². The van der Waals surface area contributed by atoms with Gasteiger partial charge in [0.05, 0.1) is 0 Å². The SMILES string of the molecule is CCCCN(C)C(=O)c1cccc(C(=O)N2CCC(Cc3ccccc3)CC2)c1. The van der Waals surface area contributed by atoms with Crippen LogP contribution in [0.4, 0.5) is 0 Å². The lowest BCUT2D eigenvalue weighted by atomic mass is 9.90. The highest BCUT2D eigenvalue weighted by Gasteiger charge is 2.24. The van der Waals surface area contributed by atoms with Gasteiger partial charge < -0.3 is 9.80 Å². The highest BCUT2D eigenvalue weighted by atomic mass is 16.2. The number of likely N-dealkylation sites (tertiary alicyclic amines) is 1. The van der Waals surface area contributed by atoms with E-state index in [2.05, 4.69) is 31.2 Å². The zero-order valence-corrected chi connectivity index (χ0v) is 17.6. The minimum Gasteiger partial charge on any atom is -0.342 e. The van der Waals surface area contributed by atoms with Crippen LogP contribution in [-0.4, -0.2) is 48.3 Å². The zero-order valence-electron chi connectivity index (χ0n) is 17.6. The summed E-state index contributed by atoms with van der Waals surface area (Å²) in [5.74, 6) is 0.644. The van der Waals surface area contributed by atoms with E-state index in [0.29, 0.717) is 17.0 Å². The second-order valence-corrected chi connectivity index (χ2v) is 8.09. The normalized spacial score (nSPS) is 14.6. The van der Waals surface area contributed by atoms with Crippen molar-refractivity contribution in [3.8, 4) is 0 Å². The Labute approximate surface area is 174 Å². The molecule has 1 heterocycles. The minimum atomic E-state index is -0.0188. The molecule has 0 aliphatic carbocycles. The van der Waals surface area contributed by atoms with Gasteiger partial charge in [0.15, 0.2) is 0 Å². The van der Waals surface area contributed by atoms with E-state index in [-0.39, 0.29) is 11.8 Å². The van der Waals surface area contributed by atoms with Crippen LogP contribution >= 0.6 is 0 Å². The first-order chi connectivity index (χ1) is 14.1. The lowest BCUT2D eigenvalue weighted by Crippen LogP contribution is -2.39. The second-order valence-electron chi connectivity index (χ2n) is 8.09. The molecule has 2 aromatic rings. The number of benzene rings is 2. The van der Waals surface area contributed by atoms with E-state index in [1.165, 1.54) is 5.56 Å². The van der Waals surface area contributed by atoms with Crippen molar-refractivity contribution in [1.82, 2.24) is 9.80 Å². The molecule has 154 valence electrons. The molecule has 0 spiro atoms. The molecule has 0 bridgehead atoms. The molecule has 1 fully saturated rings. The van der Waals surface area contributed by atoms with Gasteiger partial charge in [-0.05, 0) is 55.4 Å². The van der Waals surface area contributed by atoms with Gasteiger partial charge in [-0.15, -0.1) is 0 Å².